The monoisotopic (exact) mass is 501 g/mol. The van der Waals surface area contributed by atoms with Crippen LogP contribution in [0.2, 0.25) is 0 Å². The minimum absolute atomic E-state index is 0.257. The molecule has 0 spiro atoms. The van der Waals surface area contributed by atoms with Gasteiger partial charge in [-0.1, -0.05) is 161 Å². The number of amides is 1. The molecule has 0 atom stereocenters. The lowest BCUT2D eigenvalue weighted by molar-refractivity contribution is -0.129. The van der Waals surface area contributed by atoms with Gasteiger partial charge in [-0.15, -0.1) is 11.6 Å². The summed E-state index contributed by atoms with van der Waals surface area (Å²) < 4.78 is 0. The molecule has 0 aromatic heterocycles. The van der Waals surface area contributed by atoms with Gasteiger partial charge < -0.3 is 0 Å². The first-order valence-corrected chi connectivity index (χ1v) is 15.8. The summed E-state index contributed by atoms with van der Waals surface area (Å²) >= 11 is 5.71. The van der Waals surface area contributed by atoms with Crippen LogP contribution in [0.4, 0.5) is 0 Å². The van der Waals surface area contributed by atoms with Crippen molar-refractivity contribution in [2.45, 2.75) is 180 Å². The van der Waals surface area contributed by atoms with Crippen molar-refractivity contribution in [1.82, 2.24) is 5.48 Å². The predicted molar refractivity (Wildman–Crippen MR) is 150 cm³/mol. The fourth-order valence-corrected chi connectivity index (χ4v) is 5.04. The molecule has 4 heteroatoms. The molecular weight excluding hydrogens is 442 g/mol. The molecule has 0 bridgehead atoms. The molecule has 0 saturated heterocycles. The van der Waals surface area contributed by atoms with Gasteiger partial charge in [0.2, 0.25) is 5.91 Å². The molecule has 0 radical (unpaired) electrons. The first kappa shape index (κ1) is 33.7. The smallest absolute Gasteiger partial charge is 0.243 e. The first-order valence-electron chi connectivity index (χ1n) is 15.3. The molecule has 0 rings (SSSR count). The number of carbonyl (C=O) groups excluding carboxylic acids is 1. The Labute approximate surface area is 218 Å². The molecule has 0 aliphatic rings. The number of unbranched alkanes of at least 4 members (excludes halogenated alkanes) is 26. The Morgan fingerprint density at radius 3 is 0.824 bits per heavy atom. The van der Waals surface area contributed by atoms with Gasteiger partial charge in [-0.05, 0) is 12.8 Å². The van der Waals surface area contributed by atoms with Crippen molar-refractivity contribution in [3.63, 3.8) is 0 Å². The molecule has 0 aliphatic heterocycles. The Kier molecular flexibility index (Phi) is 30.5. The first-order chi connectivity index (χ1) is 16.8. The number of alkyl halides is 1. The SMILES string of the molecule is O=C(CCCCCCCCCCCCCCCCCCCCCCCCCCCCCCl)NO. The molecule has 0 aromatic carbocycles. The van der Waals surface area contributed by atoms with Crippen molar-refractivity contribution in [2.75, 3.05) is 5.88 Å². The van der Waals surface area contributed by atoms with E-state index in [1.54, 1.807) is 5.48 Å². The van der Waals surface area contributed by atoms with Crippen molar-refractivity contribution >= 4 is 17.5 Å². The van der Waals surface area contributed by atoms with E-state index in [0.29, 0.717) is 6.42 Å². The summed E-state index contributed by atoms with van der Waals surface area (Å²) in [6.07, 6.45) is 37.5. The zero-order chi connectivity index (χ0) is 24.8. The summed E-state index contributed by atoms with van der Waals surface area (Å²) in [6.45, 7) is 0. The van der Waals surface area contributed by atoms with Gasteiger partial charge in [0.25, 0.3) is 0 Å². The summed E-state index contributed by atoms with van der Waals surface area (Å²) in [5, 5.41) is 8.43. The highest BCUT2D eigenvalue weighted by atomic mass is 35.5. The topological polar surface area (TPSA) is 49.3 Å². The fraction of sp³-hybridized carbons (Fsp3) is 0.967. The number of rotatable bonds is 29. The maximum absolute atomic E-state index is 10.9. The van der Waals surface area contributed by atoms with Crippen molar-refractivity contribution in [3.8, 4) is 0 Å². The van der Waals surface area contributed by atoms with Crippen LogP contribution in [0.25, 0.3) is 0 Å². The molecule has 3 nitrogen and oxygen atoms in total. The van der Waals surface area contributed by atoms with E-state index in [0.717, 1.165) is 18.7 Å². The van der Waals surface area contributed by atoms with Gasteiger partial charge in [-0.2, -0.15) is 0 Å². The Hall–Kier alpha value is -0.280. The van der Waals surface area contributed by atoms with Crippen molar-refractivity contribution in [3.05, 3.63) is 0 Å². The minimum Gasteiger partial charge on any atom is -0.289 e. The van der Waals surface area contributed by atoms with Gasteiger partial charge in [0.05, 0.1) is 0 Å². The summed E-state index contributed by atoms with van der Waals surface area (Å²) in [7, 11) is 0. The number of carbonyl (C=O) groups is 1. The maximum atomic E-state index is 10.9. The van der Waals surface area contributed by atoms with Crippen LogP contribution in [0.15, 0.2) is 0 Å². The third-order valence-corrected chi connectivity index (χ3v) is 7.43. The van der Waals surface area contributed by atoms with Crippen LogP contribution in [-0.2, 0) is 4.79 Å². The van der Waals surface area contributed by atoms with Gasteiger partial charge in [-0.25, -0.2) is 5.48 Å². The highest BCUT2D eigenvalue weighted by Crippen LogP contribution is 2.16. The Morgan fingerprint density at radius 1 is 0.412 bits per heavy atom. The predicted octanol–water partition coefficient (Wildman–Crippen LogP) is 10.7. The van der Waals surface area contributed by atoms with E-state index in [9.17, 15) is 4.79 Å². The van der Waals surface area contributed by atoms with Crippen molar-refractivity contribution in [2.24, 2.45) is 0 Å². The molecular formula is C30H60ClNO2. The zero-order valence-electron chi connectivity index (χ0n) is 22.7. The molecule has 204 valence electrons. The number of halogens is 1. The molecule has 0 unspecified atom stereocenters. The Morgan fingerprint density at radius 2 is 0.618 bits per heavy atom. The average molecular weight is 502 g/mol. The lowest BCUT2D eigenvalue weighted by atomic mass is 10.0. The summed E-state index contributed by atoms with van der Waals surface area (Å²) in [6, 6.07) is 0. The Bertz CT molecular complexity index is 392. The third kappa shape index (κ3) is 29.8. The van der Waals surface area contributed by atoms with E-state index in [4.69, 9.17) is 16.8 Å². The van der Waals surface area contributed by atoms with Crippen LogP contribution in [0.5, 0.6) is 0 Å². The van der Waals surface area contributed by atoms with Crippen LogP contribution in [0.3, 0.4) is 0 Å². The van der Waals surface area contributed by atoms with Gasteiger partial charge in [-0.3, -0.25) is 10.0 Å². The largest absolute Gasteiger partial charge is 0.289 e. The van der Waals surface area contributed by atoms with E-state index >= 15 is 0 Å². The quantitative estimate of drug-likeness (QED) is 0.0463. The second kappa shape index (κ2) is 30.8. The van der Waals surface area contributed by atoms with Crippen LogP contribution in [-0.4, -0.2) is 17.0 Å². The normalized spacial score (nSPS) is 11.2. The van der Waals surface area contributed by atoms with E-state index in [-0.39, 0.29) is 5.91 Å². The molecule has 0 saturated carbocycles. The van der Waals surface area contributed by atoms with Crippen molar-refractivity contribution in [1.29, 1.82) is 0 Å². The molecule has 34 heavy (non-hydrogen) atoms. The molecule has 0 fully saturated rings. The number of hydrogen-bond acceptors (Lipinski definition) is 2. The van der Waals surface area contributed by atoms with Crippen LogP contribution >= 0.6 is 11.6 Å². The highest BCUT2D eigenvalue weighted by molar-refractivity contribution is 6.17. The second-order valence-electron chi connectivity index (χ2n) is 10.5. The zero-order valence-corrected chi connectivity index (χ0v) is 23.5. The summed E-state index contributed by atoms with van der Waals surface area (Å²) in [4.78, 5) is 10.9. The summed E-state index contributed by atoms with van der Waals surface area (Å²) in [5.41, 5.74) is 1.69. The average Bonchev–Trinajstić information content (AvgIpc) is 2.85. The lowest BCUT2D eigenvalue weighted by Gasteiger charge is -2.04. The summed E-state index contributed by atoms with van der Waals surface area (Å²) in [5.74, 6) is 0.579. The molecule has 1 amide bonds. The van der Waals surface area contributed by atoms with Gasteiger partial charge >= 0.3 is 0 Å². The van der Waals surface area contributed by atoms with Crippen LogP contribution in [0.1, 0.15) is 180 Å². The minimum atomic E-state index is -0.257. The Balaban J connectivity index is 3.02. The maximum Gasteiger partial charge on any atom is 0.243 e. The second-order valence-corrected chi connectivity index (χ2v) is 10.9. The number of nitrogens with one attached hydrogen (secondary N) is 1. The standard InChI is InChI=1S/C30H60ClNO2/c31-29-27-25-23-21-19-17-15-13-11-9-7-5-3-1-2-4-6-8-10-12-14-16-18-20-22-24-26-28-30(33)32-34/h34H,1-29H2,(H,32,33). The van der Waals surface area contributed by atoms with Gasteiger partial charge in [0.1, 0.15) is 0 Å². The molecule has 2 N–H and O–H groups in total. The van der Waals surface area contributed by atoms with Crippen LogP contribution in [0, 0.1) is 0 Å². The van der Waals surface area contributed by atoms with Gasteiger partial charge in [0, 0.05) is 12.3 Å². The van der Waals surface area contributed by atoms with E-state index in [1.807, 2.05) is 0 Å². The van der Waals surface area contributed by atoms with E-state index in [2.05, 4.69) is 0 Å². The molecule has 0 aromatic rings. The number of hydrogen-bond donors (Lipinski definition) is 2. The van der Waals surface area contributed by atoms with Crippen molar-refractivity contribution < 1.29 is 10.0 Å². The van der Waals surface area contributed by atoms with E-state index < -0.39 is 0 Å². The lowest BCUT2D eigenvalue weighted by Crippen LogP contribution is -2.17. The fourth-order valence-electron chi connectivity index (χ4n) is 4.86. The molecule has 0 aliphatic carbocycles. The van der Waals surface area contributed by atoms with E-state index in [1.165, 1.54) is 161 Å². The molecule has 0 heterocycles. The van der Waals surface area contributed by atoms with Gasteiger partial charge in [0.15, 0.2) is 0 Å². The third-order valence-electron chi connectivity index (χ3n) is 7.16. The van der Waals surface area contributed by atoms with Crippen LogP contribution < -0.4 is 5.48 Å². The number of hydroxylamine groups is 1. The highest BCUT2D eigenvalue weighted by Gasteiger charge is 1.99.